The van der Waals surface area contributed by atoms with Crippen LogP contribution < -0.4 is 10.1 Å². The molecule has 19 heavy (non-hydrogen) atoms. The van der Waals surface area contributed by atoms with Crippen LogP contribution in [0.25, 0.3) is 0 Å². The van der Waals surface area contributed by atoms with E-state index in [0.29, 0.717) is 0 Å². The highest BCUT2D eigenvalue weighted by atomic mass is 32.2. The molecule has 2 rings (SSSR count). The molecule has 2 aromatic carbocycles. The number of anilines is 1. The quantitative estimate of drug-likeness (QED) is 0.636. The number of hydrogen-bond donors (Lipinski definition) is 1. The van der Waals surface area contributed by atoms with Crippen LogP contribution in [0.2, 0.25) is 0 Å². The third-order valence-electron chi connectivity index (χ3n) is 2.57. The van der Waals surface area contributed by atoms with Crippen molar-refractivity contribution in [2.75, 3.05) is 24.7 Å². The van der Waals surface area contributed by atoms with Gasteiger partial charge in [-0.1, -0.05) is 12.1 Å². The fourth-order valence-corrected chi connectivity index (χ4v) is 2.47. The van der Waals surface area contributed by atoms with Crippen molar-refractivity contribution in [2.45, 2.75) is 4.90 Å². The average molecular weight is 277 g/mol. The monoisotopic (exact) mass is 277 g/mol. The molecule has 0 bridgehead atoms. The number of rotatable bonds is 6. The van der Waals surface area contributed by atoms with Crippen molar-refractivity contribution in [1.29, 1.82) is 0 Å². The van der Waals surface area contributed by atoms with E-state index in [2.05, 4.69) is 11.4 Å². The van der Waals surface area contributed by atoms with Crippen LogP contribution in [0.3, 0.4) is 0 Å². The first kappa shape index (κ1) is 13.7. The Morgan fingerprint density at radius 2 is 2.00 bits per heavy atom. The predicted octanol–water partition coefficient (Wildman–Crippen LogP) is 4.04. The highest BCUT2D eigenvalue weighted by Crippen LogP contribution is 2.22. The van der Waals surface area contributed by atoms with Crippen molar-refractivity contribution in [1.82, 2.24) is 0 Å². The second-order valence-electron chi connectivity index (χ2n) is 3.96. The van der Waals surface area contributed by atoms with Crippen LogP contribution in [0.5, 0.6) is 5.75 Å². The molecule has 0 aromatic heterocycles. The average Bonchev–Trinajstić information content (AvgIpc) is 2.44. The van der Waals surface area contributed by atoms with Gasteiger partial charge in [0.2, 0.25) is 0 Å². The zero-order chi connectivity index (χ0) is 13.5. The molecule has 0 aliphatic rings. The molecule has 0 saturated carbocycles. The summed E-state index contributed by atoms with van der Waals surface area (Å²) in [5.41, 5.74) is 0.811. The third kappa shape index (κ3) is 4.48. The number of halogens is 1. The molecule has 100 valence electrons. The molecule has 0 aliphatic carbocycles. The summed E-state index contributed by atoms with van der Waals surface area (Å²) in [6, 6.07) is 14.5. The molecule has 0 saturated heterocycles. The van der Waals surface area contributed by atoms with Crippen LogP contribution >= 0.6 is 11.8 Å². The first-order chi connectivity index (χ1) is 9.28. The van der Waals surface area contributed by atoms with E-state index in [1.54, 1.807) is 24.9 Å². The van der Waals surface area contributed by atoms with Crippen molar-refractivity contribution in [2.24, 2.45) is 0 Å². The van der Waals surface area contributed by atoms with Crippen molar-refractivity contribution >= 4 is 17.4 Å². The molecule has 0 fully saturated rings. The number of nitrogens with one attached hydrogen (secondary N) is 1. The zero-order valence-electron chi connectivity index (χ0n) is 10.7. The number of methoxy groups -OCH3 is 1. The van der Waals surface area contributed by atoms with E-state index in [9.17, 15) is 4.39 Å². The maximum atomic E-state index is 13.0. The maximum Gasteiger partial charge on any atom is 0.125 e. The lowest BCUT2D eigenvalue weighted by Crippen LogP contribution is -2.03. The number of thioether (sulfide) groups is 1. The van der Waals surface area contributed by atoms with Gasteiger partial charge in [-0.05, 0) is 36.4 Å². The van der Waals surface area contributed by atoms with Crippen molar-refractivity contribution in [3.05, 3.63) is 54.3 Å². The lowest BCUT2D eigenvalue weighted by Gasteiger charge is -2.07. The Balaban J connectivity index is 1.77. The van der Waals surface area contributed by atoms with Crippen LogP contribution in [0.1, 0.15) is 0 Å². The van der Waals surface area contributed by atoms with E-state index in [0.717, 1.165) is 23.7 Å². The summed E-state index contributed by atoms with van der Waals surface area (Å²) in [5.74, 6) is 1.55. The molecule has 2 nitrogen and oxygen atoms in total. The van der Waals surface area contributed by atoms with Crippen LogP contribution in [0, 0.1) is 5.82 Å². The zero-order valence-corrected chi connectivity index (χ0v) is 11.5. The Hall–Kier alpha value is -1.68. The molecule has 0 unspecified atom stereocenters. The van der Waals surface area contributed by atoms with Gasteiger partial charge in [0.1, 0.15) is 11.6 Å². The number of ether oxygens (including phenoxy) is 1. The molecule has 0 atom stereocenters. The summed E-state index contributed by atoms with van der Waals surface area (Å²) < 4.78 is 18.1. The molecule has 1 N–H and O–H groups in total. The van der Waals surface area contributed by atoms with Crippen molar-refractivity contribution < 1.29 is 9.13 Å². The first-order valence-electron chi connectivity index (χ1n) is 6.04. The fraction of sp³-hybridized carbons (Fsp3) is 0.200. The molecule has 0 amide bonds. The summed E-state index contributed by atoms with van der Waals surface area (Å²) in [5, 5.41) is 3.19. The topological polar surface area (TPSA) is 21.3 Å². The molecule has 0 heterocycles. The Bertz CT molecular complexity index is 533. The molecule has 0 spiro atoms. The lowest BCUT2D eigenvalue weighted by atomic mass is 10.3. The van der Waals surface area contributed by atoms with E-state index in [1.807, 2.05) is 24.3 Å². The summed E-state index contributed by atoms with van der Waals surface area (Å²) in [7, 11) is 1.66. The highest BCUT2D eigenvalue weighted by Gasteiger charge is 1.97. The summed E-state index contributed by atoms with van der Waals surface area (Å²) in [6.45, 7) is 0.783. The minimum atomic E-state index is -0.217. The SMILES string of the molecule is COc1cccc(SCCNc2cccc(F)c2)c1. The van der Waals surface area contributed by atoms with Crippen LogP contribution in [-0.2, 0) is 0 Å². The van der Waals surface area contributed by atoms with Gasteiger partial charge < -0.3 is 10.1 Å². The van der Waals surface area contributed by atoms with E-state index >= 15 is 0 Å². The largest absolute Gasteiger partial charge is 0.497 e. The number of benzene rings is 2. The van der Waals surface area contributed by atoms with Gasteiger partial charge in [0, 0.05) is 22.9 Å². The van der Waals surface area contributed by atoms with Crippen LogP contribution in [0.4, 0.5) is 10.1 Å². The molecule has 0 radical (unpaired) electrons. The minimum absolute atomic E-state index is 0.217. The maximum absolute atomic E-state index is 13.0. The van der Waals surface area contributed by atoms with E-state index in [-0.39, 0.29) is 5.82 Å². The normalized spacial score (nSPS) is 10.2. The molecule has 0 aliphatic heterocycles. The molecular formula is C15H16FNOS. The highest BCUT2D eigenvalue weighted by molar-refractivity contribution is 7.99. The lowest BCUT2D eigenvalue weighted by molar-refractivity contribution is 0.413. The van der Waals surface area contributed by atoms with E-state index in [1.165, 1.54) is 17.0 Å². The minimum Gasteiger partial charge on any atom is -0.497 e. The Kier molecular flexibility index (Phi) is 5.10. The van der Waals surface area contributed by atoms with E-state index < -0.39 is 0 Å². The smallest absolute Gasteiger partial charge is 0.125 e. The summed E-state index contributed by atoms with van der Waals surface area (Å²) in [4.78, 5) is 1.17. The Labute approximate surface area is 117 Å². The van der Waals surface area contributed by atoms with Gasteiger partial charge in [0.25, 0.3) is 0 Å². The Morgan fingerprint density at radius 1 is 1.16 bits per heavy atom. The fourth-order valence-electron chi connectivity index (χ4n) is 1.65. The standard InChI is InChI=1S/C15H16FNOS/c1-18-14-6-3-7-15(11-14)19-9-8-17-13-5-2-4-12(16)10-13/h2-7,10-11,17H,8-9H2,1H3. The van der Waals surface area contributed by atoms with E-state index in [4.69, 9.17) is 4.74 Å². The second-order valence-corrected chi connectivity index (χ2v) is 5.13. The first-order valence-corrected chi connectivity index (χ1v) is 7.03. The van der Waals surface area contributed by atoms with Gasteiger partial charge in [-0.25, -0.2) is 4.39 Å². The van der Waals surface area contributed by atoms with Crippen LogP contribution in [-0.4, -0.2) is 19.4 Å². The molecular weight excluding hydrogens is 261 g/mol. The van der Waals surface area contributed by atoms with Crippen molar-refractivity contribution in [3.8, 4) is 5.75 Å². The van der Waals surface area contributed by atoms with Gasteiger partial charge in [-0.3, -0.25) is 0 Å². The second kappa shape index (κ2) is 7.04. The van der Waals surface area contributed by atoms with Gasteiger partial charge in [-0.2, -0.15) is 0 Å². The van der Waals surface area contributed by atoms with Gasteiger partial charge in [-0.15, -0.1) is 11.8 Å². The van der Waals surface area contributed by atoms with Crippen LogP contribution in [0.15, 0.2) is 53.4 Å². The Morgan fingerprint density at radius 3 is 2.79 bits per heavy atom. The van der Waals surface area contributed by atoms with Gasteiger partial charge >= 0.3 is 0 Å². The molecule has 4 heteroatoms. The van der Waals surface area contributed by atoms with Gasteiger partial charge in [0.05, 0.1) is 7.11 Å². The third-order valence-corrected chi connectivity index (χ3v) is 3.56. The van der Waals surface area contributed by atoms with Gasteiger partial charge in [0.15, 0.2) is 0 Å². The predicted molar refractivity (Wildman–Crippen MR) is 78.6 cm³/mol. The number of hydrogen-bond acceptors (Lipinski definition) is 3. The summed E-state index contributed by atoms with van der Waals surface area (Å²) in [6.07, 6.45) is 0. The molecule has 2 aromatic rings. The summed E-state index contributed by atoms with van der Waals surface area (Å²) >= 11 is 1.74. The van der Waals surface area contributed by atoms with Crippen molar-refractivity contribution in [3.63, 3.8) is 0 Å².